The number of rotatable bonds is 36. The topological polar surface area (TPSA) is 68.8 Å². The number of pyridine rings is 1. The molecule has 460 valence electrons. The van der Waals surface area contributed by atoms with Gasteiger partial charge in [0, 0.05) is 97.9 Å². The summed E-state index contributed by atoms with van der Waals surface area (Å²) < 4.78 is 0. The Labute approximate surface area is 495 Å². The van der Waals surface area contributed by atoms with E-state index in [1.807, 2.05) is 142 Å². The van der Waals surface area contributed by atoms with Crippen LogP contribution in [0.2, 0.25) is 0 Å². The van der Waals surface area contributed by atoms with Crippen molar-refractivity contribution in [1.82, 2.24) is 44.2 Å². The van der Waals surface area contributed by atoms with Gasteiger partial charge in [0.15, 0.2) is 0 Å². The molecule has 0 atom stereocenters. The van der Waals surface area contributed by atoms with Crippen molar-refractivity contribution in [2.45, 2.75) is 76.7 Å². The molecule has 0 bridgehead atoms. The van der Waals surface area contributed by atoms with E-state index < -0.39 is 6.10 Å². The molecule has 0 aliphatic rings. The van der Waals surface area contributed by atoms with Crippen LogP contribution in [-0.2, 0) is 0 Å². The molecular formula is C67H126N12O. The predicted octanol–water partition coefficient (Wildman–Crippen LogP) is 11.0. The number of hydrogen-bond donors (Lipinski definition) is 1. The van der Waals surface area contributed by atoms with Gasteiger partial charge in [-0.25, -0.2) is 0 Å². The lowest BCUT2D eigenvalue weighted by Gasteiger charge is -2.21. The summed E-state index contributed by atoms with van der Waals surface area (Å²) in [4.78, 5) is 28.2. The molecule has 0 amide bonds. The van der Waals surface area contributed by atoms with Crippen LogP contribution in [0.15, 0.2) is 124 Å². The SMILES string of the molecule is C=CCN(CC=C)CCCCN(CC=C)CC=C.CN(C)CCCCCCN(C)C.CN(C)CCCCCN(C)C.CN(C)CCCCN(C)C.CN(C)c1ccc(C(O)c2ccc(N(C)C)cc2)cc1.CN(C)c1ccncc1. The van der Waals surface area contributed by atoms with Gasteiger partial charge in [0.2, 0.25) is 0 Å². The Bertz CT molecular complexity index is 1690. The Balaban J connectivity index is -0.000000913. The summed E-state index contributed by atoms with van der Waals surface area (Å²) in [6.07, 6.45) is 25.3. The van der Waals surface area contributed by atoms with Gasteiger partial charge in [-0.2, -0.15) is 0 Å². The van der Waals surface area contributed by atoms with E-state index in [2.05, 4.69) is 155 Å². The summed E-state index contributed by atoms with van der Waals surface area (Å²) in [5.74, 6) is 0. The van der Waals surface area contributed by atoms with Gasteiger partial charge in [0.25, 0.3) is 0 Å². The van der Waals surface area contributed by atoms with E-state index in [4.69, 9.17) is 0 Å². The summed E-state index contributed by atoms with van der Waals surface area (Å²) in [5, 5.41) is 10.4. The maximum atomic E-state index is 10.4. The summed E-state index contributed by atoms with van der Waals surface area (Å²) >= 11 is 0. The largest absolute Gasteiger partial charge is 0.384 e. The van der Waals surface area contributed by atoms with Crippen LogP contribution >= 0.6 is 0 Å². The van der Waals surface area contributed by atoms with E-state index in [-0.39, 0.29) is 0 Å². The van der Waals surface area contributed by atoms with Gasteiger partial charge in [0.1, 0.15) is 6.10 Å². The van der Waals surface area contributed by atoms with Crippen LogP contribution < -0.4 is 14.7 Å². The molecule has 0 radical (unpaired) electrons. The molecule has 0 spiro atoms. The summed E-state index contributed by atoms with van der Waals surface area (Å²) in [6.45, 7) is 28.5. The molecule has 0 unspecified atom stereocenters. The Morgan fingerprint density at radius 3 is 0.750 bits per heavy atom. The smallest absolute Gasteiger partial charge is 0.104 e. The van der Waals surface area contributed by atoms with Crippen LogP contribution in [0.5, 0.6) is 0 Å². The molecule has 0 saturated carbocycles. The van der Waals surface area contributed by atoms with Gasteiger partial charge < -0.3 is 49.2 Å². The van der Waals surface area contributed by atoms with E-state index >= 15 is 0 Å². The first-order valence-corrected chi connectivity index (χ1v) is 29.5. The van der Waals surface area contributed by atoms with Crippen molar-refractivity contribution in [1.29, 1.82) is 0 Å². The zero-order valence-electron chi connectivity index (χ0n) is 55.2. The van der Waals surface area contributed by atoms with Crippen LogP contribution in [0.25, 0.3) is 0 Å². The second kappa shape index (κ2) is 53.9. The van der Waals surface area contributed by atoms with Crippen molar-refractivity contribution in [3.63, 3.8) is 0 Å². The molecule has 2 aromatic carbocycles. The number of nitrogens with zero attached hydrogens (tertiary/aromatic N) is 12. The van der Waals surface area contributed by atoms with Crippen molar-refractivity contribution in [3.8, 4) is 0 Å². The second-order valence-corrected chi connectivity index (χ2v) is 22.9. The van der Waals surface area contributed by atoms with Gasteiger partial charge in [-0.15, -0.1) is 26.3 Å². The number of hydrogen-bond acceptors (Lipinski definition) is 13. The molecule has 3 aromatic rings. The lowest BCUT2D eigenvalue weighted by Crippen LogP contribution is -2.28. The van der Waals surface area contributed by atoms with E-state index in [1.165, 1.54) is 116 Å². The first kappa shape index (κ1) is 79.8. The Kier molecular flexibility index (Phi) is 53.7. The molecular weight excluding hydrogens is 989 g/mol. The van der Waals surface area contributed by atoms with Crippen molar-refractivity contribution in [3.05, 3.63) is 135 Å². The Hall–Kier alpha value is -4.41. The van der Waals surface area contributed by atoms with E-state index in [9.17, 15) is 5.11 Å². The Morgan fingerprint density at radius 1 is 0.325 bits per heavy atom. The monoisotopic (exact) mass is 1120 g/mol. The van der Waals surface area contributed by atoms with E-state index in [0.29, 0.717) is 0 Å². The molecule has 1 N–H and O–H groups in total. The third-order valence-corrected chi connectivity index (χ3v) is 12.5. The van der Waals surface area contributed by atoms with Crippen LogP contribution in [0.4, 0.5) is 17.1 Å². The third kappa shape index (κ3) is 51.7. The summed E-state index contributed by atoms with van der Waals surface area (Å²) in [5.41, 5.74) is 5.26. The molecule has 1 heterocycles. The number of aliphatic hydroxyl groups is 1. The average molecular weight is 1120 g/mol. The second-order valence-electron chi connectivity index (χ2n) is 22.9. The molecule has 0 saturated heterocycles. The lowest BCUT2D eigenvalue weighted by molar-refractivity contribution is 0.220. The fourth-order valence-electron chi connectivity index (χ4n) is 7.76. The maximum Gasteiger partial charge on any atom is 0.104 e. The van der Waals surface area contributed by atoms with Gasteiger partial charge in [-0.1, -0.05) is 67.8 Å². The first-order valence-electron chi connectivity index (χ1n) is 29.5. The standard InChI is InChI=1S/C17H22N2O.C16H28N2.C10H24N2.C9H22N2.C8H20N2.C7H10N2/c1-18(2)15-9-5-13(6-10-15)17(20)14-7-11-16(12-8-14)19(3)4;1-5-11-17(12-6-2)15-9-10-16-18(13-7-3)14-8-4;1-11(2)9-7-5-6-8-10-12(3)4;1-10(2)8-6-5-7-9-11(3)4;1-9(2)7-5-6-8-10(3)4;1-9(2)7-3-5-8-6-4-7/h5-12,17,20H,1-4H3;5-8H,1-4,9-16H2;5-10H2,1-4H3;5-9H2,1-4H3;5-8H2,1-4H3;3-6H,1-2H3. The lowest BCUT2D eigenvalue weighted by atomic mass is 10.0. The maximum absolute atomic E-state index is 10.4. The fraction of sp³-hybridized carbons (Fsp3) is 0.627. The van der Waals surface area contributed by atoms with Gasteiger partial charge >= 0.3 is 0 Å². The van der Waals surface area contributed by atoms with Crippen LogP contribution in [0.3, 0.4) is 0 Å². The third-order valence-electron chi connectivity index (χ3n) is 12.5. The van der Waals surface area contributed by atoms with Crippen molar-refractivity contribution < 1.29 is 5.11 Å². The Morgan fingerprint density at radius 2 is 0.537 bits per heavy atom. The number of unbranched alkanes of at least 4 members (excludes halogenated alkanes) is 7. The minimum atomic E-state index is -0.581. The first-order chi connectivity index (χ1) is 37.9. The quantitative estimate of drug-likeness (QED) is 0.0444. The average Bonchev–Trinajstić information content (AvgIpc) is 3.40. The normalized spacial score (nSPS) is 10.8. The van der Waals surface area contributed by atoms with Crippen molar-refractivity contribution >= 4 is 17.1 Å². The van der Waals surface area contributed by atoms with Gasteiger partial charge in [-0.3, -0.25) is 14.8 Å². The highest BCUT2D eigenvalue weighted by molar-refractivity contribution is 5.50. The molecule has 0 fully saturated rings. The van der Waals surface area contributed by atoms with E-state index in [1.54, 1.807) is 12.4 Å². The molecule has 80 heavy (non-hydrogen) atoms. The number of aliphatic hydroxyl groups excluding tert-OH is 1. The number of anilines is 3. The minimum absolute atomic E-state index is 0.581. The predicted molar refractivity (Wildman–Crippen MR) is 360 cm³/mol. The summed E-state index contributed by atoms with van der Waals surface area (Å²) in [6, 6.07) is 19.9. The minimum Gasteiger partial charge on any atom is -0.384 e. The molecule has 13 nitrogen and oxygen atoms in total. The van der Waals surface area contributed by atoms with Crippen LogP contribution in [0.1, 0.15) is 87.9 Å². The molecule has 1 aromatic heterocycles. The molecule has 0 aliphatic carbocycles. The number of benzene rings is 2. The van der Waals surface area contributed by atoms with Crippen molar-refractivity contribution in [2.24, 2.45) is 0 Å². The highest BCUT2D eigenvalue weighted by Gasteiger charge is 2.11. The molecule has 13 heteroatoms. The highest BCUT2D eigenvalue weighted by Crippen LogP contribution is 2.25. The fourth-order valence-corrected chi connectivity index (χ4v) is 7.76. The van der Waals surface area contributed by atoms with E-state index in [0.717, 1.165) is 61.8 Å². The van der Waals surface area contributed by atoms with Crippen molar-refractivity contribution in [2.75, 3.05) is 220 Å². The van der Waals surface area contributed by atoms with Gasteiger partial charge in [-0.05, 0) is 236 Å². The molecule has 0 aliphatic heterocycles. The number of aromatic nitrogens is 1. The van der Waals surface area contributed by atoms with Crippen LogP contribution in [0, 0.1) is 0 Å². The zero-order chi connectivity index (χ0) is 61.1. The van der Waals surface area contributed by atoms with Crippen LogP contribution in [-0.4, -0.2) is 255 Å². The summed E-state index contributed by atoms with van der Waals surface area (Å²) in [7, 11) is 37.6. The molecule has 3 rings (SSSR count). The van der Waals surface area contributed by atoms with Gasteiger partial charge in [0.05, 0.1) is 0 Å². The zero-order valence-corrected chi connectivity index (χ0v) is 55.2. The highest BCUT2D eigenvalue weighted by atomic mass is 16.3.